The van der Waals surface area contributed by atoms with Gasteiger partial charge in [0.25, 0.3) is 0 Å². The van der Waals surface area contributed by atoms with E-state index >= 15 is 0 Å². The molecule has 0 atom stereocenters. The average molecular weight is 800 g/mol. The largest absolute Gasteiger partial charge is 0.309 e. The molecule has 0 saturated heterocycles. The fourth-order valence-electron chi connectivity index (χ4n) is 10.7. The van der Waals surface area contributed by atoms with E-state index in [1.54, 1.807) is 0 Å². The van der Waals surface area contributed by atoms with E-state index in [4.69, 9.17) is 0 Å². The Labute approximate surface area is 362 Å². The van der Waals surface area contributed by atoms with Gasteiger partial charge in [-0.3, -0.25) is 0 Å². The summed E-state index contributed by atoms with van der Waals surface area (Å²) < 4.78 is 7.33. The lowest BCUT2D eigenvalue weighted by Crippen LogP contribution is -1.94. The molecule has 0 radical (unpaired) electrons. The van der Waals surface area contributed by atoms with Gasteiger partial charge in [-0.05, 0) is 100 Å². The average Bonchev–Trinajstić information content (AvgIpc) is 4.08. The lowest BCUT2D eigenvalue weighted by Gasteiger charge is -2.11. The van der Waals surface area contributed by atoms with E-state index in [1.807, 2.05) is 0 Å². The summed E-state index contributed by atoms with van der Waals surface area (Å²) in [5, 5.41) is 10.2. The zero-order chi connectivity index (χ0) is 41.2. The van der Waals surface area contributed by atoms with Gasteiger partial charge in [0.2, 0.25) is 0 Å². The van der Waals surface area contributed by atoms with Crippen molar-refractivity contribution in [2.45, 2.75) is 0 Å². The zero-order valence-electron chi connectivity index (χ0n) is 34.2. The molecule has 4 aromatic heterocycles. The summed E-state index contributed by atoms with van der Waals surface area (Å²) in [5.41, 5.74) is 18.2. The predicted octanol–water partition coefficient (Wildman–Crippen LogP) is 16.0. The molecule has 63 heavy (non-hydrogen) atoms. The van der Waals surface area contributed by atoms with Crippen molar-refractivity contribution in [3.05, 3.63) is 224 Å². The molecule has 3 nitrogen and oxygen atoms in total. The summed E-state index contributed by atoms with van der Waals surface area (Å²) >= 11 is 0. The highest BCUT2D eigenvalue weighted by Gasteiger charge is 2.20. The van der Waals surface area contributed by atoms with Crippen molar-refractivity contribution in [1.82, 2.24) is 13.5 Å². The van der Waals surface area contributed by atoms with Gasteiger partial charge >= 0.3 is 0 Å². The summed E-state index contributed by atoms with van der Waals surface area (Å²) in [6.07, 6.45) is 0. The zero-order valence-corrected chi connectivity index (χ0v) is 34.2. The predicted molar refractivity (Wildman–Crippen MR) is 266 cm³/mol. The maximum absolute atomic E-state index is 2.47. The monoisotopic (exact) mass is 799 g/mol. The van der Waals surface area contributed by atoms with E-state index in [0.29, 0.717) is 0 Å². The van der Waals surface area contributed by atoms with Crippen molar-refractivity contribution in [2.24, 2.45) is 0 Å². The molecule has 0 N–H and O–H groups in total. The normalized spacial score (nSPS) is 12.1. The van der Waals surface area contributed by atoms with Gasteiger partial charge in [-0.25, -0.2) is 0 Å². The second kappa shape index (κ2) is 13.1. The summed E-state index contributed by atoms with van der Waals surface area (Å²) in [6, 6.07) is 82.6. The van der Waals surface area contributed by atoms with E-state index in [1.165, 1.54) is 115 Å². The van der Waals surface area contributed by atoms with Crippen molar-refractivity contribution in [3.8, 4) is 44.8 Å². The lowest BCUT2D eigenvalue weighted by molar-refractivity contribution is 1.18. The molecule has 14 rings (SSSR count). The van der Waals surface area contributed by atoms with E-state index in [9.17, 15) is 0 Å². The van der Waals surface area contributed by atoms with Crippen molar-refractivity contribution < 1.29 is 0 Å². The van der Waals surface area contributed by atoms with Gasteiger partial charge < -0.3 is 13.5 Å². The third-order valence-electron chi connectivity index (χ3n) is 13.6. The van der Waals surface area contributed by atoms with Gasteiger partial charge in [-0.1, -0.05) is 158 Å². The van der Waals surface area contributed by atoms with Gasteiger partial charge in [0.15, 0.2) is 0 Å². The second-order valence-corrected chi connectivity index (χ2v) is 16.9. The van der Waals surface area contributed by atoms with Crippen LogP contribution in [0.25, 0.3) is 126 Å². The molecule has 0 aliphatic heterocycles. The van der Waals surface area contributed by atoms with Gasteiger partial charge in [0.05, 0.1) is 38.6 Å². The first-order valence-electron chi connectivity index (χ1n) is 21.8. The lowest BCUT2D eigenvalue weighted by atomic mass is 10.00. The molecule has 0 spiro atoms. The van der Waals surface area contributed by atoms with Crippen molar-refractivity contribution >= 4 is 81.7 Å². The number of hydrogen-bond acceptors (Lipinski definition) is 0. The van der Waals surface area contributed by atoms with Crippen molar-refractivity contribution in [2.75, 3.05) is 0 Å². The molecule has 3 heteroatoms. The second-order valence-electron chi connectivity index (χ2n) is 16.9. The Kier molecular flexibility index (Phi) is 7.11. The number of hydrogen-bond donors (Lipinski definition) is 0. The number of benzene rings is 10. The summed E-state index contributed by atoms with van der Waals surface area (Å²) in [6.45, 7) is 0. The van der Waals surface area contributed by atoms with Crippen LogP contribution in [0.4, 0.5) is 0 Å². The molecule has 14 aromatic rings. The molecule has 0 saturated carbocycles. The molecule has 0 amide bonds. The molecule has 0 aliphatic rings. The highest BCUT2D eigenvalue weighted by Crippen LogP contribution is 2.42. The quantitative estimate of drug-likeness (QED) is 0.165. The molecule has 4 heterocycles. The maximum Gasteiger partial charge on any atom is 0.0620 e. The summed E-state index contributed by atoms with van der Waals surface area (Å²) in [5.74, 6) is 0. The van der Waals surface area contributed by atoms with Crippen molar-refractivity contribution in [3.63, 3.8) is 0 Å². The van der Waals surface area contributed by atoms with E-state index in [2.05, 4.69) is 238 Å². The SMILES string of the molecule is c1ccc(-c2ccc(-c3ccc(-n4c5ccccc5c5cc(-c6ccc7c(c6)c6ccccc6n7-c6ccc7c8cccc9c%10ccccc%10n(c7c6)c98)ccc54)cc3)cc2)cc1. The van der Waals surface area contributed by atoms with Crippen LogP contribution < -0.4 is 0 Å². The molecule has 0 unspecified atom stereocenters. The van der Waals surface area contributed by atoms with Crippen LogP contribution in [-0.2, 0) is 0 Å². The third kappa shape index (κ3) is 4.96. The van der Waals surface area contributed by atoms with Crippen LogP contribution in [-0.4, -0.2) is 13.5 Å². The van der Waals surface area contributed by atoms with Crippen molar-refractivity contribution in [1.29, 1.82) is 0 Å². The molecule has 292 valence electrons. The summed E-state index contributed by atoms with van der Waals surface area (Å²) in [4.78, 5) is 0. The number of para-hydroxylation sites is 4. The van der Waals surface area contributed by atoms with Crippen LogP contribution in [0.2, 0.25) is 0 Å². The van der Waals surface area contributed by atoms with Gasteiger partial charge in [-0.2, -0.15) is 0 Å². The highest BCUT2D eigenvalue weighted by atomic mass is 15.0. The van der Waals surface area contributed by atoms with Gasteiger partial charge in [-0.15, -0.1) is 0 Å². The van der Waals surface area contributed by atoms with E-state index in [-0.39, 0.29) is 0 Å². The maximum atomic E-state index is 2.47. The first-order chi connectivity index (χ1) is 31.2. The first kappa shape index (κ1) is 34.3. The van der Waals surface area contributed by atoms with Crippen LogP contribution >= 0.6 is 0 Å². The molecule has 0 aliphatic carbocycles. The first-order valence-corrected chi connectivity index (χ1v) is 21.8. The Morgan fingerprint density at radius 2 is 0.603 bits per heavy atom. The molecule has 0 fully saturated rings. The topological polar surface area (TPSA) is 14.3 Å². The minimum absolute atomic E-state index is 1.15. The van der Waals surface area contributed by atoms with Crippen LogP contribution in [0, 0.1) is 0 Å². The Balaban J connectivity index is 0.870. The molecular formula is C60H37N3. The number of fused-ring (bicyclic) bond motifs is 12. The van der Waals surface area contributed by atoms with Crippen LogP contribution in [0.1, 0.15) is 0 Å². The van der Waals surface area contributed by atoms with Gasteiger partial charge in [0, 0.05) is 54.5 Å². The standard InChI is InChI=1S/C60H37N3/c1-2-11-38(12-3-1)39-21-23-40(24-22-39)41-25-29-44(30-26-41)61-54-18-7-5-14-47(54)52-35-42(27-33-57(52)61)43-28-34-58-53(36-43)48-15-6-8-19-55(48)62(58)45-31-32-49-51-17-10-16-50-46-13-4-9-20-56(46)63(60(50)51)59(49)37-45/h1-37H. The van der Waals surface area contributed by atoms with E-state index < -0.39 is 0 Å². The Morgan fingerprint density at radius 3 is 1.19 bits per heavy atom. The van der Waals surface area contributed by atoms with E-state index in [0.717, 1.165) is 11.4 Å². The Bertz CT molecular complexity index is 4110. The van der Waals surface area contributed by atoms with Crippen LogP contribution in [0.5, 0.6) is 0 Å². The van der Waals surface area contributed by atoms with Crippen LogP contribution in [0.3, 0.4) is 0 Å². The van der Waals surface area contributed by atoms with Gasteiger partial charge in [0.1, 0.15) is 0 Å². The Morgan fingerprint density at radius 1 is 0.206 bits per heavy atom. The molecule has 0 bridgehead atoms. The summed E-state index contributed by atoms with van der Waals surface area (Å²) in [7, 11) is 0. The molecular weight excluding hydrogens is 763 g/mol. The minimum Gasteiger partial charge on any atom is -0.309 e. The highest BCUT2D eigenvalue weighted by molar-refractivity contribution is 6.23. The smallest absolute Gasteiger partial charge is 0.0620 e. The number of nitrogens with zero attached hydrogens (tertiary/aromatic N) is 3. The van der Waals surface area contributed by atoms with Crippen LogP contribution in [0.15, 0.2) is 224 Å². The molecule has 10 aromatic carbocycles. The minimum atomic E-state index is 1.15. The fraction of sp³-hybridized carbons (Fsp3) is 0. The number of aromatic nitrogens is 3. The fourth-order valence-corrected chi connectivity index (χ4v) is 10.7. The number of rotatable bonds is 5. The Hall–Kier alpha value is -8.40. The third-order valence-corrected chi connectivity index (χ3v) is 13.6.